The summed E-state index contributed by atoms with van der Waals surface area (Å²) in [7, 11) is 0. The maximum absolute atomic E-state index is 2.54. The van der Waals surface area contributed by atoms with Crippen LogP contribution >= 0.6 is 0 Å². The van der Waals surface area contributed by atoms with E-state index < -0.39 is 0 Å². The van der Waals surface area contributed by atoms with Crippen LogP contribution in [0.2, 0.25) is 0 Å². The van der Waals surface area contributed by atoms with Crippen LogP contribution < -0.4 is 0 Å². The number of fused-ring (bicyclic) bond motifs is 9. The molecular weight excluding hydrogens is 593 g/mol. The summed E-state index contributed by atoms with van der Waals surface area (Å²) in [6.45, 7) is 4.73. The third kappa shape index (κ3) is 3.50. The van der Waals surface area contributed by atoms with Crippen LogP contribution in [-0.2, 0) is 5.41 Å². The van der Waals surface area contributed by atoms with Gasteiger partial charge in [0.1, 0.15) is 0 Å². The highest BCUT2D eigenvalue weighted by Crippen LogP contribution is 2.49. The average Bonchev–Trinajstić information content (AvgIpc) is 3.54. The lowest BCUT2D eigenvalue weighted by molar-refractivity contribution is 0.660. The molecule has 49 heavy (non-hydrogen) atoms. The molecule has 2 heterocycles. The van der Waals surface area contributed by atoms with Crippen molar-refractivity contribution in [3.63, 3.8) is 0 Å². The summed E-state index contributed by atoms with van der Waals surface area (Å²) >= 11 is 0. The van der Waals surface area contributed by atoms with E-state index in [0.717, 1.165) is 0 Å². The second kappa shape index (κ2) is 9.49. The number of rotatable bonds is 2. The number of nitrogens with zero attached hydrogens (tertiary/aromatic N) is 2. The van der Waals surface area contributed by atoms with Gasteiger partial charge in [-0.15, -0.1) is 0 Å². The van der Waals surface area contributed by atoms with Gasteiger partial charge in [0.25, 0.3) is 0 Å². The third-order valence-electron chi connectivity index (χ3n) is 11.3. The molecule has 1 aliphatic rings. The van der Waals surface area contributed by atoms with Crippen molar-refractivity contribution in [2.45, 2.75) is 19.3 Å². The predicted molar refractivity (Wildman–Crippen MR) is 207 cm³/mol. The van der Waals surface area contributed by atoms with Crippen LogP contribution in [0.15, 0.2) is 158 Å². The molecule has 0 saturated carbocycles. The predicted octanol–water partition coefficient (Wildman–Crippen LogP) is 12.5. The van der Waals surface area contributed by atoms with Gasteiger partial charge in [0.15, 0.2) is 0 Å². The van der Waals surface area contributed by atoms with E-state index in [4.69, 9.17) is 0 Å². The Bertz CT molecular complexity index is 3020. The highest BCUT2D eigenvalue weighted by atomic mass is 15.0. The van der Waals surface area contributed by atoms with Crippen molar-refractivity contribution in [1.29, 1.82) is 0 Å². The van der Waals surface area contributed by atoms with Crippen molar-refractivity contribution >= 4 is 59.9 Å². The zero-order valence-corrected chi connectivity index (χ0v) is 27.4. The molecule has 0 bridgehead atoms. The van der Waals surface area contributed by atoms with Crippen LogP contribution in [0, 0.1) is 0 Å². The van der Waals surface area contributed by atoms with E-state index in [2.05, 4.69) is 181 Å². The molecule has 0 aliphatic heterocycles. The standard InChI is InChI=1S/C47H32N2/c1-47(2)39-17-6-5-15-35(39)36-26-23-32(28-40(36)47)48-41-18-7-8-19-42(41)49-44-27-31(34-16-9-12-29-11-3-4-14-33(29)34)22-24-37(44)38-25-21-30-13-10-20-43(48)45(30)46(38)49/h3-28H,1-2H3. The fourth-order valence-electron chi connectivity index (χ4n) is 9.02. The first-order chi connectivity index (χ1) is 24.1. The Kier molecular flexibility index (Phi) is 5.21. The molecule has 0 spiro atoms. The minimum absolute atomic E-state index is 0.0845. The van der Waals surface area contributed by atoms with E-state index in [1.807, 2.05) is 0 Å². The van der Waals surface area contributed by atoms with E-state index >= 15 is 0 Å². The first-order valence-electron chi connectivity index (χ1n) is 17.2. The highest BCUT2D eigenvalue weighted by Gasteiger charge is 2.35. The Morgan fingerprint density at radius 2 is 1.12 bits per heavy atom. The van der Waals surface area contributed by atoms with Gasteiger partial charge in [-0.3, -0.25) is 0 Å². The quantitative estimate of drug-likeness (QED) is 0.181. The van der Waals surface area contributed by atoms with Crippen LogP contribution in [0.3, 0.4) is 0 Å². The maximum atomic E-state index is 2.54. The van der Waals surface area contributed by atoms with Crippen molar-refractivity contribution < 1.29 is 0 Å². The topological polar surface area (TPSA) is 9.34 Å². The molecule has 0 amide bonds. The van der Waals surface area contributed by atoms with E-state index in [-0.39, 0.29) is 5.41 Å². The van der Waals surface area contributed by atoms with E-state index in [1.165, 1.54) is 99.0 Å². The van der Waals surface area contributed by atoms with Crippen LogP contribution in [0.25, 0.3) is 87.8 Å². The van der Waals surface area contributed by atoms with Crippen molar-refractivity contribution in [2.24, 2.45) is 0 Å². The van der Waals surface area contributed by atoms with E-state index in [9.17, 15) is 0 Å². The van der Waals surface area contributed by atoms with Gasteiger partial charge in [-0.1, -0.05) is 135 Å². The zero-order valence-electron chi connectivity index (χ0n) is 27.4. The molecular formula is C47H32N2. The van der Waals surface area contributed by atoms with Crippen LogP contribution in [0.1, 0.15) is 25.0 Å². The molecule has 0 saturated heterocycles. The molecule has 0 fully saturated rings. The van der Waals surface area contributed by atoms with Crippen molar-refractivity contribution in [3.05, 3.63) is 169 Å². The monoisotopic (exact) mass is 624 g/mol. The third-order valence-corrected chi connectivity index (χ3v) is 11.3. The Morgan fingerprint density at radius 3 is 2.06 bits per heavy atom. The van der Waals surface area contributed by atoms with Gasteiger partial charge in [-0.25, -0.2) is 0 Å². The first kappa shape index (κ1) is 26.9. The molecule has 1 aliphatic carbocycles. The van der Waals surface area contributed by atoms with E-state index in [1.54, 1.807) is 0 Å². The van der Waals surface area contributed by atoms with Gasteiger partial charge in [-0.2, -0.15) is 0 Å². The summed E-state index contributed by atoms with van der Waals surface area (Å²) in [6.07, 6.45) is 0. The van der Waals surface area contributed by atoms with E-state index in [0.29, 0.717) is 0 Å². The summed E-state index contributed by atoms with van der Waals surface area (Å²) in [5, 5.41) is 7.61. The number of hydrogen-bond acceptors (Lipinski definition) is 0. The van der Waals surface area contributed by atoms with Gasteiger partial charge in [0.2, 0.25) is 0 Å². The SMILES string of the molecule is CC1(C)c2ccccc2-c2ccc(-n3c4cccc5ccc6c7ccc(-c8cccc9ccccc89)cc7n(c7ccccc73)c6c54)cc21. The number of benzene rings is 8. The fourth-order valence-corrected chi connectivity index (χ4v) is 9.02. The molecule has 2 heteroatoms. The van der Waals surface area contributed by atoms with Gasteiger partial charge in [0.05, 0.1) is 27.6 Å². The van der Waals surface area contributed by atoms with Gasteiger partial charge < -0.3 is 8.97 Å². The van der Waals surface area contributed by atoms with Gasteiger partial charge >= 0.3 is 0 Å². The molecule has 230 valence electrons. The van der Waals surface area contributed by atoms with Crippen molar-refractivity contribution in [1.82, 2.24) is 8.97 Å². The summed E-state index contributed by atoms with van der Waals surface area (Å²) < 4.78 is 5.04. The number of para-hydroxylation sites is 2. The first-order valence-corrected chi connectivity index (χ1v) is 17.2. The lowest BCUT2D eigenvalue weighted by Crippen LogP contribution is -2.15. The lowest BCUT2D eigenvalue weighted by atomic mass is 9.82. The van der Waals surface area contributed by atoms with Gasteiger partial charge in [-0.05, 0) is 85.9 Å². The van der Waals surface area contributed by atoms with Crippen LogP contribution in [0.5, 0.6) is 0 Å². The van der Waals surface area contributed by atoms with Crippen molar-refractivity contribution in [2.75, 3.05) is 0 Å². The zero-order chi connectivity index (χ0) is 32.4. The molecule has 11 rings (SSSR count). The summed E-state index contributed by atoms with van der Waals surface area (Å²) in [6, 6.07) is 58.8. The minimum Gasteiger partial charge on any atom is -0.308 e. The Morgan fingerprint density at radius 1 is 0.429 bits per heavy atom. The van der Waals surface area contributed by atoms with Crippen LogP contribution in [0.4, 0.5) is 0 Å². The Hall–Kier alpha value is -6.12. The normalized spacial score (nSPS) is 13.7. The summed E-state index contributed by atoms with van der Waals surface area (Å²) in [5.74, 6) is 0. The number of hydrogen-bond donors (Lipinski definition) is 0. The Labute approximate surface area is 284 Å². The average molecular weight is 625 g/mol. The smallest absolute Gasteiger partial charge is 0.0703 e. The minimum atomic E-state index is -0.0845. The molecule has 8 aromatic carbocycles. The summed E-state index contributed by atoms with van der Waals surface area (Å²) in [4.78, 5) is 0. The molecule has 0 radical (unpaired) electrons. The summed E-state index contributed by atoms with van der Waals surface area (Å²) in [5.41, 5.74) is 15.1. The van der Waals surface area contributed by atoms with Crippen molar-refractivity contribution in [3.8, 4) is 27.9 Å². The van der Waals surface area contributed by atoms with Gasteiger partial charge in [0, 0.05) is 27.3 Å². The number of aromatic nitrogens is 2. The van der Waals surface area contributed by atoms with Crippen LogP contribution in [-0.4, -0.2) is 8.97 Å². The molecule has 0 N–H and O–H groups in total. The largest absolute Gasteiger partial charge is 0.308 e. The molecule has 0 unspecified atom stereocenters. The molecule has 0 atom stereocenters. The molecule has 2 nitrogen and oxygen atoms in total. The second-order valence-electron chi connectivity index (χ2n) is 14.2. The fraction of sp³-hybridized carbons (Fsp3) is 0.0638. The molecule has 2 aromatic heterocycles. The lowest BCUT2D eigenvalue weighted by Gasteiger charge is -2.22. The highest BCUT2D eigenvalue weighted by molar-refractivity contribution is 6.24. The molecule has 10 aromatic rings. The Balaban J connectivity index is 1.29. The maximum Gasteiger partial charge on any atom is 0.0703 e. The second-order valence-corrected chi connectivity index (χ2v) is 14.2.